The van der Waals surface area contributed by atoms with Crippen LogP contribution in [-0.2, 0) is 22.1 Å². The molecule has 2 rings (SSSR count). The summed E-state index contributed by atoms with van der Waals surface area (Å²) < 4.78 is 54.6. The lowest BCUT2D eigenvalue weighted by molar-refractivity contribution is -0.143. The molecule has 5 nitrogen and oxygen atoms in total. The van der Waals surface area contributed by atoms with Crippen LogP contribution in [0.3, 0.4) is 0 Å². The van der Waals surface area contributed by atoms with E-state index in [2.05, 4.69) is 4.98 Å². The largest absolute Gasteiger partial charge is 0.493 e. The molecular formula is C20H21ClF3NO4. The molecule has 0 amide bonds. The molecule has 1 aromatic carbocycles. The van der Waals surface area contributed by atoms with Crippen molar-refractivity contribution in [3.8, 4) is 17.4 Å². The van der Waals surface area contributed by atoms with Gasteiger partial charge in [-0.1, -0.05) is 24.6 Å². The number of carbonyl (C=O) groups is 1. The summed E-state index contributed by atoms with van der Waals surface area (Å²) in [6, 6.07) is 5.79. The van der Waals surface area contributed by atoms with Crippen molar-refractivity contribution in [1.82, 2.24) is 4.98 Å². The summed E-state index contributed by atoms with van der Waals surface area (Å²) in [4.78, 5) is 15.3. The molecule has 9 heteroatoms. The van der Waals surface area contributed by atoms with Gasteiger partial charge in [-0.2, -0.15) is 13.2 Å². The number of rotatable bonds is 9. The van der Waals surface area contributed by atoms with Crippen molar-refractivity contribution >= 4 is 17.6 Å². The third-order valence-electron chi connectivity index (χ3n) is 3.76. The van der Waals surface area contributed by atoms with E-state index in [0.717, 1.165) is 12.5 Å². The number of pyridine rings is 1. The van der Waals surface area contributed by atoms with E-state index in [0.29, 0.717) is 30.5 Å². The van der Waals surface area contributed by atoms with Crippen LogP contribution < -0.4 is 9.47 Å². The second-order valence-corrected chi connectivity index (χ2v) is 6.44. The molecule has 158 valence electrons. The van der Waals surface area contributed by atoms with Gasteiger partial charge in [-0.15, -0.1) is 0 Å². The first kappa shape index (κ1) is 22.8. The van der Waals surface area contributed by atoms with Crippen LogP contribution in [0.15, 0.2) is 30.5 Å². The molecule has 1 heterocycles. The SMILES string of the molecule is CCCOc1ccc(CCC(=O)OCC)c(Oc2ncc(C(F)(F)F)cc2Cl)c1. The number of benzene rings is 1. The zero-order chi connectivity index (χ0) is 21.4. The predicted molar refractivity (Wildman–Crippen MR) is 102 cm³/mol. The lowest BCUT2D eigenvalue weighted by Gasteiger charge is -2.14. The Morgan fingerprint density at radius 1 is 1.21 bits per heavy atom. The van der Waals surface area contributed by atoms with Crippen molar-refractivity contribution in [1.29, 1.82) is 0 Å². The number of halogens is 4. The highest BCUT2D eigenvalue weighted by molar-refractivity contribution is 6.31. The smallest absolute Gasteiger partial charge is 0.417 e. The van der Waals surface area contributed by atoms with Crippen LogP contribution >= 0.6 is 11.6 Å². The van der Waals surface area contributed by atoms with Crippen LogP contribution in [0.2, 0.25) is 5.02 Å². The van der Waals surface area contributed by atoms with Crippen molar-refractivity contribution < 1.29 is 32.2 Å². The summed E-state index contributed by atoms with van der Waals surface area (Å²) >= 11 is 5.94. The number of hydrogen-bond donors (Lipinski definition) is 0. The number of aryl methyl sites for hydroxylation is 1. The molecule has 0 N–H and O–H groups in total. The number of carbonyl (C=O) groups excluding carboxylic acids is 1. The van der Waals surface area contributed by atoms with Gasteiger partial charge in [0.1, 0.15) is 16.5 Å². The van der Waals surface area contributed by atoms with Crippen molar-refractivity contribution in [2.24, 2.45) is 0 Å². The van der Waals surface area contributed by atoms with Gasteiger partial charge >= 0.3 is 12.1 Å². The maximum Gasteiger partial charge on any atom is 0.417 e. The topological polar surface area (TPSA) is 57.7 Å². The molecular weight excluding hydrogens is 411 g/mol. The van der Waals surface area contributed by atoms with Gasteiger partial charge < -0.3 is 14.2 Å². The molecule has 0 aliphatic carbocycles. The van der Waals surface area contributed by atoms with Gasteiger partial charge in [0, 0.05) is 18.7 Å². The van der Waals surface area contributed by atoms with E-state index in [9.17, 15) is 18.0 Å². The van der Waals surface area contributed by atoms with Crippen molar-refractivity contribution in [2.75, 3.05) is 13.2 Å². The fourth-order valence-corrected chi connectivity index (χ4v) is 2.58. The Hall–Kier alpha value is -2.48. The highest BCUT2D eigenvalue weighted by Gasteiger charge is 2.32. The number of alkyl halides is 3. The maximum absolute atomic E-state index is 12.8. The van der Waals surface area contributed by atoms with Crippen LogP contribution in [0.5, 0.6) is 17.4 Å². The Bertz CT molecular complexity index is 843. The van der Waals surface area contributed by atoms with Crippen molar-refractivity contribution in [3.63, 3.8) is 0 Å². The summed E-state index contributed by atoms with van der Waals surface area (Å²) in [6.07, 6.45) is -2.69. The van der Waals surface area contributed by atoms with Crippen LogP contribution in [0.1, 0.15) is 37.8 Å². The van der Waals surface area contributed by atoms with Crippen LogP contribution in [-0.4, -0.2) is 24.2 Å². The van der Waals surface area contributed by atoms with E-state index in [-0.39, 0.29) is 35.6 Å². The van der Waals surface area contributed by atoms with E-state index in [1.807, 2.05) is 6.92 Å². The fraction of sp³-hybridized carbons (Fsp3) is 0.400. The molecule has 0 fully saturated rings. The van der Waals surface area contributed by atoms with Gasteiger partial charge in [0.2, 0.25) is 5.88 Å². The molecule has 1 aromatic heterocycles. The third kappa shape index (κ3) is 6.81. The second kappa shape index (κ2) is 10.3. The number of nitrogens with zero attached hydrogens (tertiary/aromatic N) is 1. The van der Waals surface area contributed by atoms with Gasteiger partial charge in [0.05, 0.1) is 18.8 Å². The van der Waals surface area contributed by atoms with Gasteiger partial charge in [-0.05, 0) is 37.5 Å². The minimum absolute atomic E-state index is 0.119. The highest BCUT2D eigenvalue weighted by Crippen LogP contribution is 2.36. The summed E-state index contributed by atoms with van der Waals surface area (Å²) in [7, 11) is 0. The highest BCUT2D eigenvalue weighted by atomic mass is 35.5. The molecule has 29 heavy (non-hydrogen) atoms. The summed E-state index contributed by atoms with van der Waals surface area (Å²) in [6.45, 7) is 4.43. The average Bonchev–Trinajstić information content (AvgIpc) is 2.66. The van der Waals surface area contributed by atoms with Crippen molar-refractivity contribution in [2.45, 2.75) is 39.3 Å². The molecule has 0 aliphatic heterocycles. The Morgan fingerprint density at radius 3 is 2.59 bits per heavy atom. The molecule has 0 bridgehead atoms. The zero-order valence-corrected chi connectivity index (χ0v) is 16.8. The molecule has 0 saturated carbocycles. The lowest BCUT2D eigenvalue weighted by Crippen LogP contribution is -2.07. The minimum Gasteiger partial charge on any atom is -0.493 e. The van der Waals surface area contributed by atoms with Crippen molar-refractivity contribution in [3.05, 3.63) is 46.6 Å². The monoisotopic (exact) mass is 431 g/mol. The summed E-state index contributed by atoms with van der Waals surface area (Å²) in [5.74, 6) is 0.266. The fourth-order valence-electron chi connectivity index (χ4n) is 2.38. The maximum atomic E-state index is 12.8. The lowest BCUT2D eigenvalue weighted by atomic mass is 10.1. The first-order chi connectivity index (χ1) is 13.7. The summed E-state index contributed by atoms with van der Waals surface area (Å²) in [5, 5.41) is -0.281. The molecule has 0 atom stereocenters. The Kier molecular flexibility index (Phi) is 8.13. The van der Waals surface area contributed by atoms with E-state index < -0.39 is 11.7 Å². The number of esters is 1. The molecule has 0 saturated heterocycles. The average molecular weight is 432 g/mol. The van der Waals surface area contributed by atoms with Gasteiger partial charge in [0.15, 0.2) is 0 Å². The van der Waals surface area contributed by atoms with Gasteiger partial charge in [-0.3, -0.25) is 4.79 Å². The summed E-state index contributed by atoms with van der Waals surface area (Å²) in [5.41, 5.74) is -0.336. The normalized spacial score (nSPS) is 11.2. The first-order valence-electron chi connectivity index (χ1n) is 9.06. The van der Waals surface area contributed by atoms with Gasteiger partial charge in [-0.25, -0.2) is 4.98 Å². The zero-order valence-electron chi connectivity index (χ0n) is 16.0. The van der Waals surface area contributed by atoms with E-state index in [1.54, 1.807) is 25.1 Å². The van der Waals surface area contributed by atoms with Crippen LogP contribution in [0, 0.1) is 0 Å². The van der Waals surface area contributed by atoms with Gasteiger partial charge in [0.25, 0.3) is 0 Å². The Morgan fingerprint density at radius 2 is 1.97 bits per heavy atom. The number of ether oxygens (including phenoxy) is 3. The Balaban J connectivity index is 2.28. The van der Waals surface area contributed by atoms with E-state index in [4.69, 9.17) is 25.8 Å². The number of aromatic nitrogens is 1. The molecule has 0 radical (unpaired) electrons. The first-order valence-corrected chi connectivity index (χ1v) is 9.44. The Labute approximate surface area is 171 Å². The number of hydrogen-bond acceptors (Lipinski definition) is 5. The van der Waals surface area contributed by atoms with Crippen LogP contribution in [0.25, 0.3) is 0 Å². The minimum atomic E-state index is -4.56. The molecule has 0 spiro atoms. The standard InChI is InChI=1S/C20H21ClF3NO4/c1-3-9-28-15-7-5-13(6-8-18(26)27-4-2)17(11-15)29-19-16(21)10-14(12-25-19)20(22,23)24/h5,7,10-12H,3-4,6,8-9H2,1-2H3. The predicted octanol–water partition coefficient (Wildman–Crippen LogP) is 5.83. The molecule has 0 aliphatic rings. The van der Waals surface area contributed by atoms with E-state index >= 15 is 0 Å². The third-order valence-corrected chi connectivity index (χ3v) is 4.03. The molecule has 0 unspecified atom stereocenters. The second-order valence-electron chi connectivity index (χ2n) is 6.03. The quantitative estimate of drug-likeness (QED) is 0.467. The van der Waals surface area contributed by atoms with Crippen LogP contribution in [0.4, 0.5) is 13.2 Å². The van der Waals surface area contributed by atoms with E-state index in [1.165, 1.54) is 0 Å². The molecule has 2 aromatic rings.